The molecule has 0 fully saturated rings. The van der Waals surface area contributed by atoms with Crippen molar-refractivity contribution in [3.8, 4) is 0 Å². The van der Waals surface area contributed by atoms with Crippen molar-refractivity contribution in [1.29, 1.82) is 0 Å². The summed E-state index contributed by atoms with van der Waals surface area (Å²) >= 11 is 0. The van der Waals surface area contributed by atoms with E-state index in [0.717, 1.165) is 32.4 Å². The molecule has 0 bridgehead atoms. The summed E-state index contributed by atoms with van der Waals surface area (Å²) in [6, 6.07) is 31.5. The highest BCUT2D eigenvalue weighted by Crippen LogP contribution is 2.30. The first-order chi connectivity index (χ1) is 15.1. The third kappa shape index (κ3) is 6.65. The van der Waals surface area contributed by atoms with E-state index in [1.807, 2.05) is 18.2 Å². The van der Waals surface area contributed by atoms with Crippen molar-refractivity contribution in [3.05, 3.63) is 120 Å². The Kier molecular flexibility index (Phi) is 8.63. The fraction of sp³-hybridized carbons (Fsp3) is 0.310. The molecule has 0 spiro atoms. The standard InChI is InChI=1S/C29H35NO/c1-3-5-21-29(31,4-2)28(22-25-15-9-6-10-16-25)30(23-26-17-11-7-12-18-26)24-27-19-13-8-14-20-27/h4,6-20,28,31H,2-3,5,21-24H2,1H3/t28-,29-/m0/s1. The molecule has 3 aromatic rings. The predicted octanol–water partition coefficient (Wildman–Crippen LogP) is 6.41. The van der Waals surface area contributed by atoms with Gasteiger partial charge < -0.3 is 5.11 Å². The minimum atomic E-state index is -0.963. The zero-order chi connectivity index (χ0) is 21.9. The maximum Gasteiger partial charge on any atom is 0.0983 e. The van der Waals surface area contributed by atoms with Crippen molar-refractivity contribution in [2.75, 3.05) is 0 Å². The van der Waals surface area contributed by atoms with E-state index in [2.05, 4.69) is 91.2 Å². The van der Waals surface area contributed by atoms with Crippen molar-refractivity contribution in [1.82, 2.24) is 4.90 Å². The van der Waals surface area contributed by atoms with Gasteiger partial charge in [0.15, 0.2) is 0 Å². The highest BCUT2D eigenvalue weighted by atomic mass is 16.3. The van der Waals surface area contributed by atoms with Gasteiger partial charge in [-0.2, -0.15) is 0 Å². The molecule has 162 valence electrons. The van der Waals surface area contributed by atoms with Crippen molar-refractivity contribution in [3.63, 3.8) is 0 Å². The van der Waals surface area contributed by atoms with E-state index in [4.69, 9.17) is 0 Å². The van der Waals surface area contributed by atoms with Crippen LogP contribution in [0.1, 0.15) is 42.9 Å². The molecule has 0 radical (unpaired) electrons. The van der Waals surface area contributed by atoms with Gasteiger partial charge in [-0.15, -0.1) is 6.58 Å². The molecule has 0 aliphatic rings. The Labute approximate surface area is 187 Å². The van der Waals surface area contributed by atoms with Gasteiger partial charge >= 0.3 is 0 Å². The van der Waals surface area contributed by atoms with Crippen LogP contribution in [0.4, 0.5) is 0 Å². The first kappa shape index (κ1) is 23.0. The van der Waals surface area contributed by atoms with Gasteiger partial charge in [0.25, 0.3) is 0 Å². The summed E-state index contributed by atoms with van der Waals surface area (Å²) in [7, 11) is 0. The normalized spacial score (nSPS) is 14.2. The lowest BCUT2D eigenvalue weighted by atomic mass is 9.83. The summed E-state index contributed by atoms with van der Waals surface area (Å²) in [4.78, 5) is 2.43. The molecular weight excluding hydrogens is 378 g/mol. The van der Waals surface area contributed by atoms with Gasteiger partial charge in [0.1, 0.15) is 0 Å². The van der Waals surface area contributed by atoms with Crippen molar-refractivity contribution in [2.24, 2.45) is 0 Å². The summed E-state index contributed by atoms with van der Waals surface area (Å²) in [5, 5.41) is 11.8. The van der Waals surface area contributed by atoms with E-state index >= 15 is 0 Å². The first-order valence-corrected chi connectivity index (χ1v) is 11.4. The minimum Gasteiger partial charge on any atom is -0.384 e. The molecule has 2 atom stereocenters. The van der Waals surface area contributed by atoms with Crippen molar-refractivity contribution >= 4 is 0 Å². The Hall–Kier alpha value is -2.68. The number of nitrogens with zero attached hydrogens (tertiary/aromatic N) is 1. The van der Waals surface area contributed by atoms with Gasteiger partial charge in [-0.25, -0.2) is 0 Å². The van der Waals surface area contributed by atoms with Crippen LogP contribution in [0.15, 0.2) is 104 Å². The lowest BCUT2D eigenvalue weighted by Gasteiger charge is -2.42. The van der Waals surface area contributed by atoms with Crippen LogP contribution in [0.5, 0.6) is 0 Å². The Morgan fingerprint density at radius 1 is 0.806 bits per heavy atom. The Balaban J connectivity index is 1.99. The quantitative estimate of drug-likeness (QED) is 0.347. The van der Waals surface area contributed by atoms with Crippen LogP contribution in [0.2, 0.25) is 0 Å². The molecule has 2 nitrogen and oxygen atoms in total. The number of rotatable bonds is 12. The highest BCUT2D eigenvalue weighted by molar-refractivity contribution is 5.22. The second kappa shape index (κ2) is 11.6. The lowest BCUT2D eigenvalue weighted by molar-refractivity contribution is -0.0253. The maximum atomic E-state index is 11.8. The van der Waals surface area contributed by atoms with E-state index in [-0.39, 0.29) is 6.04 Å². The van der Waals surface area contributed by atoms with E-state index in [0.29, 0.717) is 6.42 Å². The fourth-order valence-electron chi connectivity index (χ4n) is 4.24. The zero-order valence-corrected chi connectivity index (χ0v) is 18.7. The smallest absolute Gasteiger partial charge is 0.0983 e. The van der Waals surface area contributed by atoms with Crippen LogP contribution in [-0.2, 0) is 19.5 Å². The number of benzene rings is 3. The van der Waals surface area contributed by atoms with Crippen molar-refractivity contribution in [2.45, 2.75) is 57.3 Å². The zero-order valence-electron chi connectivity index (χ0n) is 18.7. The van der Waals surface area contributed by atoms with E-state index in [1.54, 1.807) is 6.08 Å². The molecule has 0 saturated carbocycles. The second-order valence-electron chi connectivity index (χ2n) is 8.38. The second-order valence-corrected chi connectivity index (χ2v) is 8.38. The van der Waals surface area contributed by atoms with Crippen LogP contribution in [0.25, 0.3) is 0 Å². The molecule has 31 heavy (non-hydrogen) atoms. The molecule has 3 aromatic carbocycles. The average Bonchev–Trinajstić information content (AvgIpc) is 2.82. The average molecular weight is 414 g/mol. The molecule has 0 aromatic heterocycles. The molecule has 0 aliphatic carbocycles. The van der Waals surface area contributed by atoms with E-state index in [1.165, 1.54) is 16.7 Å². The van der Waals surface area contributed by atoms with Gasteiger partial charge in [-0.3, -0.25) is 4.90 Å². The molecule has 0 amide bonds. The van der Waals surface area contributed by atoms with E-state index in [9.17, 15) is 5.11 Å². The van der Waals surface area contributed by atoms with Crippen LogP contribution in [0.3, 0.4) is 0 Å². The van der Waals surface area contributed by atoms with Crippen LogP contribution in [0, 0.1) is 0 Å². The first-order valence-electron chi connectivity index (χ1n) is 11.4. The van der Waals surface area contributed by atoms with Crippen LogP contribution >= 0.6 is 0 Å². The number of aliphatic hydroxyl groups is 1. The summed E-state index contributed by atoms with van der Waals surface area (Å²) in [5.41, 5.74) is 2.77. The molecule has 2 heteroatoms. The van der Waals surface area contributed by atoms with Crippen LogP contribution < -0.4 is 0 Å². The molecule has 0 unspecified atom stereocenters. The number of hydrogen-bond donors (Lipinski definition) is 1. The SMILES string of the molecule is C=C[C@](O)(CCCC)[C@H](Cc1ccccc1)N(Cc1ccccc1)Cc1ccccc1. The minimum absolute atomic E-state index is 0.0839. The topological polar surface area (TPSA) is 23.5 Å². The molecule has 1 N–H and O–H groups in total. The molecule has 0 saturated heterocycles. The Morgan fingerprint density at radius 3 is 1.68 bits per heavy atom. The summed E-state index contributed by atoms with van der Waals surface area (Å²) < 4.78 is 0. The summed E-state index contributed by atoms with van der Waals surface area (Å²) in [6.45, 7) is 7.78. The largest absolute Gasteiger partial charge is 0.384 e. The van der Waals surface area contributed by atoms with E-state index < -0.39 is 5.60 Å². The van der Waals surface area contributed by atoms with Crippen molar-refractivity contribution < 1.29 is 5.11 Å². The Bertz CT molecular complexity index is 852. The monoisotopic (exact) mass is 413 g/mol. The summed E-state index contributed by atoms with van der Waals surface area (Å²) in [5.74, 6) is 0. The lowest BCUT2D eigenvalue weighted by Crippen LogP contribution is -2.52. The third-order valence-corrected chi connectivity index (χ3v) is 6.03. The Morgan fingerprint density at radius 2 is 1.26 bits per heavy atom. The highest BCUT2D eigenvalue weighted by Gasteiger charge is 2.37. The number of unbranched alkanes of at least 4 members (excludes halogenated alkanes) is 1. The molecule has 3 rings (SSSR count). The fourth-order valence-corrected chi connectivity index (χ4v) is 4.24. The molecular formula is C29H35NO. The van der Waals surface area contributed by atoms with Gasteiger partial charge in [0.05, 0.1) is 5.60 Å². The molecule has 0 heterocycles. The van der Waals surface area contributed by atoms with Gasteiger partial charge in [0, 0.05) is 19.1 Å². The maximum absolute atomic E-state index is 11.8. The van der Waals surface area contributed by atoms with Gasteiger partial charge in [-0.05, 0) is 29.5 Å². The van der Waals surface area contributed by atoms with Crippen LogP contribution in [-0.4, -0.2) is 21.6 Å². The number of hydrogen-bond acceptors (Lipinski definition) is 2. The molecule has 0 aliphatic heterocycles. The summed E-state index contributed by atoms with van der Waals surface area (Å²) in [6.07, 6.45) is 5.28. The van der Waals surface area contributed by atoms with Gasteiger partial charge in [-0.1, -0.05) is 117 Å². The van der Waals surface area contributed by atoms with Gasteiger partial charge in [0.2, 0.25) is 0 Å². The third-order valence-electron chi connectivity index (χ3n) is 6.03. The predicted molar refractivity (Wildman–Crippen MR) is 131 cm³/mol.